The fourth-order valence-corrected chi connectivity index (χ4v) is 5.01. The fourth-order valence-electron chi connectivity index (χ4n) is 5.01. The summed E-state index contributed by atoms with van der Waals surface area (Å²) in [6.07, 6.45) is 3.65. The van der Waals surface area contributed by atoms with Crippen LogP contribution in [0.2, 0.25) is 0 Å². The largest absolute Gasteiger partial charge is 0.396 e. The molecular formula is C20H28O2. The molecule has 0 heterocycles. The van der Waals surface area contributed by atoms with Crippen molar-refractivity contribution in [2.45, 2.75) is 58.0 Å². The molecule has 4 unspecified atom stereocenters. The summed E-state index contributed by atoms with van der Waals surface area (Å²) in [6, 6.07) is 6.44. The Bertz CT molecular complexity index is 606. The molecule has 22 heavy (non-hydrogen) atoms. The minimum atomic E-state index is -0.434. The van der Waals surface area contributed by atoms with Gasteiger partial charge in [-0.3, -0.25) is 0 Å². The monoisotopic (exact) mass is 300 g/mol. The normalized spacial score (nSPS) is 37.3. The molecule has 4 atom stereocenters. The van der Waals surface area contributed by atoms with E-state index in [4.69, 9.17) is 0 Å². The van der Waals surface area contributed by atoms with Crippen LogP contribution in [0.25, 0.3) is 5.57 Å². The third kappa shape index (κ3) is 2.16. The van der Waals surface area contributed by atoms with Gasteiger partial charge in [-0.2, -0.15) is 0 Å². The van der Waals surface area contributed by atoms with Crippen molar-refractivity contribution in [2.75, 3.05) is 6.61 Å². The van der Waals surface area contributed by atoms with E-state index in [1.54, 1.807) is 0 Å². The van der Waals surface area contributed by atoms with Crippen LogP contribution >= 0.6 is 0 Å². The maximum absolute atomic E-state index is 10.7. The average Bonchev–Trinajstić information content (AvgIpc) is 2.49. The van der Waals surface area contributed by atoms with Gasteiger partial charge in [-0.25, -0.2) is 0 Å². The molecule has 0 radical (unpaired) electrons. The zero-order valence-corrected chi connectivity index (χ0v) is 14.0. The summed E-state index contributed by atoms with van der Waals surface area (Å²) in [5.41, 5.74) is 4.46. The topological polar surface area (TPSA) is 40.5 Å². The molecule has 2 aliphatic carbocycles. The van der Waals surface area contributed by atoms with Gasteiger partial charge in [-0.05, 0) is 65.7 Å². The molecule has 120 valence electrons. The lowest BCUT2D eigenvalue weighted by Crippen LogP contribution is -2.51. The van der Waals surface area contributed by atoms with Crippen molar-refractivity contribution < 1.29 is 10.2 Å². The number of allylic oxidation sites excluding steroid dienone is 1. The van der Waals surface area contributed by atoms with Crippen LogP contribution in [-0.2, 0) is 5.41 Å². The average molecular weight is 300 g/mol. The highest BCUT2D eigenvalue weighted by atomic mass is 16.3. The number of hydrogen-bond donors (Lipinski definition) is 2. The minimum absolute atomic E-state index is 0.0535. The molecule has 2 nitrogen and oxygen atoms in total. The van der Waals surface area contributed by atoms with E-state index in [2.05, 4.69) is 38.6 Å². The van der Waals surface area contributed by atoms with E-state index in [0.29, 0.717) is 5.92 Å². The SMILES string of the molecule is C=C(C)c1ccc2c(c1)C(O)CC1C(C)(CO)CCCC21C. The molecule has 2 heteroatoms. The Balaban J connectivity index is 2.13. The number of hydrogen-bond acceptors (Lipinski definition) is 2. The minimum Gasteiger partial charge on any atom is -0.396 e. The Morgan fingerprint density at radius 1 is 1.32 bits per heavy atom. The van der Waals surface area contributed by atoms with Gasteiger partial charge in [-0.15, -0.1) is 0 Å². The smallest absolute Gasteiger partial charge is 0.0796 e. The second-order valence-electron chi connectivity index (χ2n) is 7.97. The van der Waals surface area contributed by atoms with Crippen LogP contribution in [0.1, 0.15) is 69.2 Å². The van der Waals surface area contributed by atoms with Gasteiger partial charge < -0.3 is 10.2 Å². The summed E-state index contributed by atoms with van der Waals surface area (Å²) in [5.74, 6) is 0.330. The third-order valence-corrected chi connectivity index (χ3v) is 6.39. The fraction of sp³-hybridized carbons (Fsp3) is 0.600. The lowest BCUT2D eigenvalue weighted by atomic mass is 9.49. The molecule has 0 saturated heterocycles. The lowest BCUT2D eigenvalue weighted by Gasteiger charge is -2.56. The number of aliphatic hydroxyl groups is 2. The van der Waals surface area contributed by atoms with Crippen molar-refractivity contribution in [1.29, 1.82) is 0 Å². The molecule has 1 aromatic carbocycles. The van der Waals surface area contributed by atoms with Crippen molar-refractivity contribution in [3.05, 3.63) is 41.5 Å². The van der Waals surface area contributed by atoms with Crippen LogP contribution in [-0.4, -0.2) is 16.8 Å². The van der Waals surface area contributed by atoms with E-state index < -0.39 is 6.10 Å². The molecule has 0 aromatic heterocycles. The van der Waals surface area contributed by atoms with Gasteiger partial charge in [-0.1, -0.05) is 44.6 Å². The third-order valence-electron chi connectivity index (χ3n) is 6.39. The van der Waals surface area contributed by atoms with Crippen LogP contribution in [0, 0.1) is 11.3 Å². The number of rotatable bonds is 2. The maximum atomic E-state index is 10.7. The quantitative estimate of drug-likeness (QED) is 0.859. The molecule has 2 aliphatic rings. The summed E-state index contributed by atoms with van der Waals surface area (Å²) in [7, 11) is 0. The second kappa shape index (κ2) is 5.21. The van der Waals surface area contributed by atoms with Crippen LogP contribution in [0.4, 0.5) is 0 Å². The molecular weight excluding hydrogens is 272 g/mol. The van der Waals surface area contributed by atoms with Crippen molar-refractivity contribution in [2.24, 2.45) is 11.3 Å². The van der Waals surface area contributed by atoms with Gasteiger partial charge in [0.1, 0.15) is 0 Å². The van der Waals surface area contributed by atoms with E-state index in [-0.39, 0.29) is 17.4 Å². The van der Waals surface area contributed by atoms with Crippen molar-refractivity contribution >= 4 is 5.57 Å². The Morgan fingerprint density at radius 2 is 2.05 bits per heavy atom. The molecule has 1 aromatic rings. The zero-order chi connectivity index (χ0) is 16.1. The summed E-state index contributed by atoms with van der Waals surface area (Å²) >= 11 is 0. The van der Waals surface area contributed by atoms with Gasteiger partial charge in [0.25, 0.3) is 0 Å². The summed E-state index contributed by atoms with van der Waals surface area (Å²) in [5, 5.41) is 20.7. The highest BCUT2D eigenvalue weighted by Crippen LogP contribution is 2.59. The molecule has 0 aliphatic heterocycles. The van der Waals surface area contributed by atoms with Gasteiger partial charge in [0.2, 0.25) is 0 Å². The molecule has 0 spiro atoms. The van der Waals surface area contributed by atoms with Crippen molar-refractivity contribution in [3.8, 4) is 0 Å². The van der Waals surface area contributed by atoms with Crippen LogP contribution in [0.15, 0.2) is 24.8 Å². The van der Waals surface area contributed by atoms with Gasteiger partial charge in [0.05, 0.1) is 6.10 Å². The Labute approximate surface area is 133 Å². The zero-order valence-electron chi connectivity index (χ0n) is 14.0. The number of fused-ring (bicyclic) bond motifs is 3. The summed E-state index contributed by atoms with van der Waals surface area (Å²) in [6.45, 7) is 10.8. The first-order valence-corrected chi connectivity index (χ1v) is 8.41. The molecule has 0 amide bonds. The molecule has 2 N–H and O–H groups in total. The van der Waals surface area contributed by atoms with E-state index in [9.17, 15) is 10.2 Å². The Kier molecular flexibility index (Phi) is 3.73. The van der Waals surface area contributed by atoms with Crippen LogP contribution < -0.4 is 0 Å². The van der Waals surface area contributed by atoms with E-state index in [0.717, 1.165) is 42.4 Å². The van der Waals surface area contributed by atoms with E-state index in [1.807, 2.05) is 6.92 Å². The molecule has 0 bridgehead atoms. The van der Waals surface area contributed by atoms with Crippen LogP contribution in [0.5, 0.6) is 0 Å². The van der Waals surface area contributed by atoms with E-state index >= 15 is 0 Å². The summed E-state index contributed by atoms with van der Waals surface area (Å²) < 4.78 is 0. The first kappa shape index (κ1) is 15.8. The van der Waals surface area contributed by atoms with Crippen molar-refractivity contribution in [1.82, 2.24) is 0 Å². The molecule has 1 saturated carbocycles. The number of benzene rings is 1. The number of aliphatic hydroxyl groups excluding tert-OH is 2. The maximum Gasteiger partial charge on any atom is 0.0796 e. The van der Waals surface area contributed by atoms with E-state index in [1.165, 1.54) is 5.56 Å². The first-order valence-electron chi connectivity index (χ1n) is 8.41. The van der Waals surface area contributed by atoms with Crippen LogP contribution in [0.3, 0.4) is 0 Å². The second-order valence-corrected chi connectivity index (χ2v) is 7.97. The van der Waals surface area contributed by atoms with Gasteiger partial charge >= 0.3 is 0 Å². The predicted octanol–water partition coefficient (Wildman–Crippen LogP) is 4.21. The van der Waals surface area contributed by atoms with Crippen molar-refractivity contribution in [3.63, 3.8) is 0 Å². The lowest BCUT2D eigenvalue weighted by molar-refractivity contribution is -0.0462. The highest BCUT2D eigenvalue weighted by Gasteiger charge is 2.53. The Morgan fingerprint density at radius 3 is 2.68 bits per heavy atom. The standard InChI is InChI=1S/C20H28O2/c1-13(2)14-6-7-16-15(10-14)17(22)11-18-19(3,12-21)8-5-9-20(16,18)4/h6-7,10,17-18,21-22H,1,5,8-9,11-12H2,2-4H3. The van der Waals surface area contributed by atoms with Gasteiger partial charge in [0.15, 0.2) is 0 Å². The summed E-state index contributed by atoms with van der Waals surface area (Å²) in [4.78, 5) is 0. The Hall–Kier alpha value is -1.12. The highest BCUT2D eigenvalue weighted by molar-refractivity contribution is 5.63. The first-order chi connectivity index (χ1) is 10.3. The predicted molar refractivity (Wildman–Crippen MR) is 90.6 cm³/mol. The van der Waals surface area contributed by atoms with Gasteiger partial charge in [0, 0.05) is 6.61 Å². The molecule has 1 fully saturated rings. The molecule has 3 rings (SSSR count).